The minimum atomic E-state index is -0.372. The molecule has 4 aromatic rings. The molecule has 0 atom stereocenters. The Hall–Kier alpha value is -4.26. The molecule has 2 amide bonds. The van der Waals surface area contributed by atoms with Crippen LogP contribution in [0, 0.1) is 12.7 Å². The third kappa shape index (κ3) is 4.41. The second-order valence-electron chi connectivity index (χ2n) is 7.29. The van der Waals surface area contributed by atoms with Gasteiger partial charge >= 0.3 is 0 Å². The molecule has 0 radical (unpaired) electrons. The molecule has 1 heterocycles. The second-order valence-corrected chi connectivity index (χ2v) is 7.29. The summed E-state index contributed by atoms with van der Waals surface area (Å²) >= 11 is 0. The number of hydrogen-bond acceptors (Lipinski definition) is 3. The number of benzene rings is 3. The average Bonchev–Trinajstić information content (AvgIpc) is 3.25. The number of rotatable bonds is 5. The Kier molecular flexibility index (Phi) is 5.81. The van der Waals surface area contributed by atoms with E-state index >= 15 is 0 Å². The summed E-state index contributed by atoms with van der Waals surface area (Å²) in [5, 5.41) is 10.0. The molecule has 6 nitrogen and oxygen atoms in total. The zero-order chi connectivity index (χ0) is 22.7. The van der Waals surface area contributed by atoms with Crippen molar-refractivity contribution in [1.82, 2.24) is 15.1 Å². The lowest BCUT2D eigenvalue weighted by atomic mass is 10.1. The van der Waals surface area contributed by atoms with Gasteiger partial charge in [0, 0.05) is 30.1 Å². The van der Waals surface area contributed by atoms with Gasteiger partial charge < -0.3 is 10.6 Å². The summed E-state index contributed by atoms with van der Waals surface area (Å²) in [5.41, 5.74) is 4.26. The topological polar surface area (TPSA) is 76.0 Å². The minimum absolute atomic E-state index is 0.245. The monoisotopic (exact) mass is 428 g/mol. The summed E-state index contributed by atoms with van der Waals surface area (Å²) in [7, 11) is 1.55. The predicted molar refractivity (Wildman–Crippen MR) is 121 cm³/mol. The lowest BCUT2D eigenvalue weighted by Crippen LogP contribution is -2.18. The van der Waals surface area contributed by atoms with Crippen LogP contribution >= 0.6 is 0 Å². The Morgan fingerprint density at radius 3 is 2.34 bits per heavy atom. The van der Waals surface area contributed by atoms with Crippen LogP contribution in [0.1, 0.15) is 26.3 Å². The summed E-state index contributed by atoms with van der Waals surface area (Å²) in [4.78, 5) is 25.1. The highest BCUT2D eigenvalue weighted by Gasteiger charge is 2.19. The van der Waals surface area contributed by atoms with E-state index in [2.05, 4.69) is 15.7 Å². The van der Waals surface area contributed by atoms with Crippen molar-refractivity contribution >= 4 is 17.5 Å². The Bertz CT molecular complexity index is 1280. The Labute approximate surface area is 184 Å². The molecule has 32 heavy (non-hydrogen) atoms. The predicted octanol–water partition coefficient (Wildman–Crippen LogP) is 4.60. The fourth-order valence-electron chi connectivity index (χ4n) is 3.27. The van der Waals surface area contributed by atoms with Gasteiger partial charge in [0.05, 0.1) is 11.3 Å². The van der Waals surface area contributed by atoms with E-state index in [1.165, 1.54) is 12.1 Å². The molecule has 2 N–H and O–H groups in total. The number of hydrogen-bond donors (Lipinski definition) is 2. The number of anilines is 1. The van der Waals surface area contributed by atoms with Crippen LogP contribution in [0.25, 0.3) is 16.9 Å². The van der Waals surface area contributed by atoms with E-state index in [-0.39, 0.29) is 17.6 Å². The number of halogens is 1. The normalized spacial score (nSPS) is 10.6. The van der Waals surface area contributed by atoms with Crippen LogP contribution in [0.15, 0.2) is 79.0 Å². The van der Waals surface area contributed by atoms with Crippen molar-refractivity contribution < 1.29 is 14.0 Å². The maximum atomic E-state index is 13.4. The van der Waals surface area contributed by atoms with E-state index in [1.807, 2.05) is 31.2 Å². The van der Waals surface area contributed by atoms with Crippen molar-refractivity contribution in [2.45, 2.75) is 6.92 Å². The molecule has 0 saturated carbocycles. The largest absolute Gasteiger partial charge is 0.355 e. The van der Waals surface area contributed by atoms with Gasteiger partial charge in [0.2, 0.25) is 0 Å². The van der Waals surface area contributed by atoms with Crippen molar-refractivity contribution in [3.63, 3.8) is 0 Å². The van der Waals surface area contributed by atoms with Crippen LogP contribution in [0.3, 0.4) is 0 Å². The third-order valence-electron chi connectivity index (χ3n) is 4.98. The quantitative estimate of drug-likeness (QED) is 0.488. The van der Waals surface area contributed by atoms with Gasteiger partial charge in [-0.1, -0.05) is 35.9 Å². The molecule has 0 aliphatic rings. The number of nitrogens with zero attached hydrogens (tertiary/aromatic N) is 2. The number of carbonyl (C=O) groups excluding carboxylic acids is 2. The van der Waals surface area contributed by atoms with Crippen molar-refractivity contribution in [3.05, 3.63) is 102 Å². The Morgan fingerprint density at radius 2 is 1.66 bits per heavy atom. The molecule has 0 aliphatic carbocycles. The first-order chi connectivity index (χ1) is 15.4. The number of amides is 2. The van der Waals surface area contributed by atoms with Crippen LogP contribution in [-0.2, 0) is 0 Å². The van der Waals surface area contributed by atoms with Gasteiger partial charge in [-0.05, 0) is 49.4 Å². The number of carbonyl (C=O) groups is 2. The van der Waals surface area contributed by atoms with Gasteiger partial charge in [-0.3, -0.25) is 9.59 Å². The van der Waals surface area contributed by atoms with E-state index < -0.39 is 0 Å². The highest BCUT2D eigenvalue weighted by Crippen LogP contribution is 2.25. The third-order valence-corrected chi connectivity index (χ3v) is 4.98. The molecule has 0 unspecified atom stereocenters. The molecule has 1 aromatic heterocycles. The lowest BCUT2D eigenvalue weighted by Gasteiger charge is -2.07. The average molecular weight is 428 g/mol. The van der Waals surface area contributed by atoms with E-state index in [4.69, 9.17) is 0 Å². The van der Waals surface area contributed by atoms with E-state index in [0.717, 1.165) is 11.1 Å². The van der Waals surface area contributed by atoms with Crippen molar-refractivity contribution in [3.8, 4) is 16.9 Å². The van der Waals surface area contributed by atoms with Crippen LogP contribution in [0.2, 0.25) is 0 Å². The molecular formula is C25H21FN4O2. The van der Waals surface area contributed by atoms with Gasteiger partial charge in [0.25, 0.3) is 11.8 Å². The molecule has 0 bridgehead atoms. The summed E-state index contributed by atoms with van der Waals surface area (Å²) in [6, 6.07) is 20.2. The molecular weight excluding hydrogens is 407 g/mol. The maximum Gasteiger partial charge on any atom is 0.259 e. The molecule has 0 spiro atoms. The van der Waals surface area contributed by atoms with Gasteiger partial charge in [0.15, 0.2) is 0 Å². The van der Waals surface area contributed by atoms with E-state index in [1.54, 1.807) is 54.3 Å². The first-order valence-electron chi connectivity index (χ1n) is 10.0. The Balaban J connectivity index is 1.73. The SMILES string of the molecule is CNC(=O)c1cccc(NC(=O)c2cn(-c3ccc(F)cc3)nc2-c2ccc(C)cc2)c1. The molecule has 0 aliphatic heterocycles. The van der Waals surface area contributed by atoms with Crippen LogP contribution in [0.4, 0.5) is 10.1 Å². The van der Waals surface area contributed by atoms with Gasteiger partial charge in [-0.25, -0.2) is 9.07 Å². The van der Waals surface area contributed by atoms with E-state index in [0.29, 0.717) is 28.2 Å². The smallest absolute Gasteiger partial charge is 0.259 e. The number of nitrogens with one attached hydrogen (secondary N) is 2. The van der Waals surface area contributed by atoms with Crippen molar-refractivity contribution in [2.75, 3.05) is 12.4 Å². The molecule has 4 rings (SSSR count). The number of aromatic nitrogens is 2. The van der Waals surface area contributed by atoms with E-state index in [9.17, 15) is 14.0 Å². The summed E-state index contributed by atoms with van der Waals surface area (Å²) in [5.74, 6) is -0.970. The zero-order valence-electron chi connectivity index (χ0n) is 17.6. The van der Waals surface area contributed by atoms with Crippen LogP contribution in [-0.4, -0.2) is 28.6 Å². The fraction of sp³-hybridized carbons (Fsp3) is 0.0800. The van der Waals surface area contributed by atoms with Crippen molar-refractivity contribution in [1.29, 1.82) is 0 Å². The molecule has 0 saturated heterocycles. The highest BCUT2D eigenvalue weighted by atomic mass is 19.1. The Morgan fingerprint density at radius 1 is 0.938 bits per heavy atom. The zero-order valence-corrected chi connectivity index (χ0v) is 17.6. The summed E-state index contributed by atoms with van der Waals surface area (Å²) in [6.07, 6.45) is 1.61. The van der Waals surface area contributed by atoms with Crippen LogP contribution < -0.4 is 10.6 Å². The first kappa shape index (κ1) is 21.0. The number of aryl methyl sites for hydroxylation is 1. The fourth-order valence-corrected chi connectivity index (χ4v) is 3.27. The van der Waals surface area contributed by atoms with Crippen LogP contribution in [0.5, 0.6) is 0 Å². The van der Waals surface area contributed by atoms with Crippen molar-refractivity contribution in [2.24, 2.45) is 0 Å². The first-order valence-corrected chi connectivity index (χ1v) is 10.0. The van der Waals surface area contributed by atoms with Gasteiger partial charge in [-0.2, -0.15) is 5.10 Å². The summed E-state index contributed by atoms with van der Waals surface area (Å²) < 4.78 is 14.9. The highest BCUT2D eigenvalue weighted by molar-refractivity contribution is 6.08. The molecule has 160 valence electrons. The van der Waals surface area contributed by atoms with Gasteiger partial charge in [0.1, 0.15) is 11.5 Å². The molecule has 7 heteroatoms. The molecule has 0 fully saturated rings. The molecule has 3 aromatic carbocycles. The minimum Gasteiger partial charge on any atom is -0.355 e. The van der Waals surface area contributed by atoms with Gasteiger partial charge in [-0.15, -0.1) is 0 Å². The summed E-state index contributed by atoms with van der Waals surface area (Å²) in [6.45, 7) is 1.98. The maximum absolute atomic E-state index is 13.4. The lowest BCUT2D eigenvalue weighted by molar-refractivity contribution is 0.0961. The standard InChI is InChI=1S/C25H21FN4O2/c1-16-6-8-17(9-7-16)23-22(15-30(29-23)21-12-10-19(26)11-13-21)25(32)28-20-5-3-4-18(14-20)24(31)27-2/h3-15H,1-2H3,(H,27,31)(H,28,32). The second kappa shape index (κ2) is 8.85.